The van der Waals surface area contributed by atoms with Crippen LogP contribution < -0.4 is 10.6 Å². The van der Waals surface area contributed by atoms with Crippen molar-refractivity contribution in [2.75, 3.05) is 30.0 Å². The maximum Gasteiger partial charge on any atom is 0.251 e. The molecule has 0 unspecified atom stereocenters. The Morgan fingerprint density at radius 1 is 1.27 bits per heavy atom. The molecule has 1 aromatic carbocycles. The highest BCUT2D eigenvalue weighted by Gasteiger charge is 2.42. The number of ether oxygens (including phenoxy) is 1. The van der Waals surface area contributed by atoms with Gasteiger partial charge in [-0.05, 0) is 37.1 Å². The Bertz CT molecular complexity index is 817. The summed E-state index contributed by atoms with van der Waals surface area (Å²) in [6, 6.07) is 7.04. The zero-order valence-corrected chi connectivity index (χ0v) is 15.8. The molecule has 0 radical (unpaired) electrons. The first-order valence-corrected chi connectivity index (χ1v) is 11.4. The van der Waals surface area contributed by atoms with Crippen molar-refractivity contribution in [2.45, 2.75) is 30.2 Å². The fraction of sp³-hybridized carbons (Fsp3) is 0.529. The van der Waals surface area contributed by atoms with E-state index in [0.717, 1.165) is 30.3 Å². The first-order valence-electron chi connectivity index (χ1n) is 8.70. The van der Waals surface area contributed by atoms with E-state index in [1.807, 2.05) is 12.1 Å². The van der Waals surface area contributed by atoms with E-state index < -0.39 is 9.84 Å². The summed E-state index contributed by atoms with van der Waals surface area (Å²) in [5.41, 5.74) is 1.42. The van der Waals surface area contributed by atoms with Gasteiger partial charge in [0.25, 0.3) is 5.91 Å². The van der Waals surface area contributed by atoms with E-state index in [2.05, 4.69) is 15.6 Å². The average molecular weight is 396 g/mol. The summed E-state index contributed by atoms with van der Waals surface area (Å²) in [6.45, 7) is 1.31. The lowest BCUT2D eigenvalue weighted by molar-refractivity contribution is 0.0858. The topological polar surface area (TPSA) is 96.9 Å². The summed E-state index contributed by atoms with van der Waals surface area (Å²) in [7, 11) is -2.94. The molecule has 3 aliphatic rings. The lowest BCUT2D eigenvalue weighted by atomic mass is 10.2. The molecule has 0 spiro atoms. The van der Waals surface area contributed by atoms with Gasteiger partial charge in [-0.3, -0.25) is 9.79 Å². The van der Waals surface area contributed by atoms with Crippen molar-refractivity contribution in [3.05, 3.63) is 29.8 Å². The van der Waals surface area contributed by atoms with Crippen molar-refractivity contribution in [1.29, 1.82) is 0 Å². The van der Waals surface area contributed by atoms with Gasteiger partial charge in [-0.15, -0.1) is 0 Å². The fourth-order valence-corrected chi connectivity index (χ4v) is 7.03. The number of sulfone groups is 1. The Labute approximate surface area is 156 Å². The van der Waals surface area contributed by atoms with Gasteiger partial charge >= 0.3 is 0 Å². The minimum atomic E-state index is -2.94. The minimum absolute atomic E-state index is 0.0188. The van der Waals surface area contributed by atoms with E-state index in [9.17, 15) is 13.2 Å². The highest BCUT2D eigenvalue weighted by molar-refractivity contribution is 8.15. The number of nitrogens with one attached hydrogen (secondary N) is 2. The standard InChI is InChI=1S/C17H21N3O4S2/c21-16(18-8-13-2-1-7-24-13)11-3-5-12(6-4-11)19-17-20-14-9-26(22,23)10-15(14)25-17/h3-6,13-15H,1-2,7-10H2,(H,18,21)(H,19,20)/t13-,14+,15+/m0/s1. The van der Waals surface area contributed by atoms with Gasteiger partial charge in [-0.2, -0.15) is 0 Å². The number of carbonyl (C=O) groups excluding carboxylic acids is 1. The quantitative estimate of drug-likeness (QED) is 0.797. The zero-order chi connectivity index (χ0) is 18.1. The molecule has 7 nitrogen and oxygen atoms in total. The SMILES string of the molecule is O=C(NC[C@@H]1CCCO1)c1ccc(NC2=N[C@@H]3CS(=O)(=O)C[C@H]3S2)cc1. The Morgan fingerprint density at radius 3 is 2.77 bits per heavy atom. The summed E-state index contributed by atoms with van der Waals surface area (Å²) in [4.78, 5) is 16.6. The number of benzene rings is 1. The number of amides is 1. The summed E-state index contributed by atoms with van der Waals surface area (Å²) in [6.07, 6.45) is 2.17. The van der Waals surface area contributed by atoms with Crippen LogP contribution in [0.1, 0.15) is 23.2 Å². The number of carbonyl (C=O) groups is 1. The highest BCUT2D eigenvalue weighted by atomic mass is 32.2. The smallest absolute Gasteiger partial charge is 0.251 e. The first kappa shape index (κ1) is 17.8. The number of anilines is 1. The van der Waals surface area contributed by atoms with E-state index in [0.29, 0.717) is 12.1 Å². The Morgan fingerprint density at radius 2 is 2.08 bits per heavy atom. The predicted octanol–water partition coefficient (Wildman–Crippen LogP) is 1.28. The van der Waals surface area contributed by atoms with Crippen molar-refractivity contribution in [1.82, 2.24) is 5.32 Å². The zero-order valence-electron chi connectivity index (χ0n) is 14.2. The Kier molecular flexibility index (Phi) is 4.94. The maximum atomic E-state index is 12.2. The minimum Gasteiger partial charge on any atom is -0.376 e. The number of amidine groups is 1. The maximum absolute atomic E-state index is 12.2. The van der Waals surface area contributed by atoms with Crippen LogP contribution in [-0.2, 0) is 14.6 Å². The second-order valence-electron chi connectivity index (χ2n) is 6.78. The van der Waals surface area contributed by atoms with E-state index in [1.165, 1.54) is 11.8 Å². The molecule has 2 fully saturated rings. The van der Waals surface area contributed by atoms with Gasteiger partial charge in [0.15, 0.2) is 15.0 Å². The molecular weight excluding hydrogens is 374 g/mol. The van der Waals surface area contributed by atoms with Crippen LogP contribution in [0.3, 0.4) is 0 Å². The van der Waals surface area contributed by atoms with E-state index in [-0.39, 0.29) is 34.8 Å². The molecule has 3 atom stereocenters. The summed E-state index contributed by atoms with van der Waals surface area (Å²) in [5.74, 6) is 0.222. The monoisotopic (exact) mass is 395 g/mol. The summed E-state index contributed by atoms with van der Waals surface area (Å²) in [5, 5.41) is 6.87. The average Bonchev–Trinajstić information content (AvgIpc) is 3.28. The van der Waals surface area contributed by atoms with E-state index in [4.69, 9.17) is 4.74 Å². The lowest BCUT2D eigenvalue weighted by Crippen LogP contribution is -2.31. The highest BCUT2D eigenvalue weighted by Crippen LogP contribution is 2.34. The Hall–Kier alpha value is -1.58. The molecule has 2 saturated heterocycles. The second kappa shape index (κ2) is 7.21. The van der Waals surface area contributed by atoms with E-state index in [1.54, 1.807) is 12.1 Å². The number of rotatable bonds is 4. The molecule has 26 heavy (non-hydrogen) atoms. The van der Waals surface area contributed by atoms with Crippen molar-refractivity contribution in [3.63, 3.8) is 0 Å². The number of nitrogens with zero attached hydrogens (tertiary/aromatic N) is 1. The molecule has 1 amide bonds. The van der Waals surface area contributed by atoms with Crippen molar-refractivity contribution in [2.24, 2.45) is 4.99 Å². The second-order valence-corrected chi connectivity index (χ2v) is 10.2. The summed E-state index contributed by atoms with van der Waals surface area (Å²) >= 11 is 1.48. The molecule has 3 aliphatic heterocycles. The molecule has 9 heteroatoms. The number of aliphatic imine (C=N–C) groups is 1. The van der Waals surface area contributed by atoms with Crippen LogP contribution >= 0.6 is 11.8 Å². The van der Waals surface area contributed by atoms with Gasteiger partial charge in [0, 0.05) is 29.7 Å². The van der Waals surface area contributed by atoms with Gasteiger partial charge in [-0.1, -0.05) is 11.8 Å². The molecule has 0 bridgehead atoms. The van der Waals surface area contributed by atoms with Gasteiger partial charge < -0.3 is 15.4 Å². The fourth-order valence-electron chi connectivity index (χ4n) is 3.36. The van der Waals surface area contributed by atoms with E-state index >= 15 is 0 Å². The Balaban J connectivity index is 1.31. The van der Waals surface area contributed by atoms with Gasteiger partial charge in [-0.25, -0.2) is 8.42 Å². The predicted molar refractivity (Wildman–Crippen MR) is 103 cm³/mol. The summed E-state index contributed by atoms with van der Waals surface area (Å²) < 4.78 is 28.7. The van der Waals surface area contributed by atoms with Gasteiger partial charge in [0.2, 0.25) is 0 Å². The third-order valence-electron chi connectivity index (χ3n) is 4.73. The van der Waals surface area contributed by atoms with Crippen LogP contribution in [0, 0.1) is 0 Å². The molecule has 1 aromatic rings. The van der Waals surface area contributed by atoms with Gasteiger partial charge in [0.05, 0.1) is 23.7 Å². The van der Waals surface area contributed by atoms with Crippen LogP contribution in [0.2, 0.25) is 0 Å². The van der Waals surface area contributed by atoms with Crippen molar-refractivity contribution >= 4 is 38.4 Å². The molecular formula is C17H21N3O4S2. The lowest BCUT2D eigenvalue weighted by Gasteiger charge is -2.11. The molecule has 2 N–H and O–H groups in total. The largest absolute Gasteiger partial charge is 0.376 e. The third kappa shape index (κ3) is 4.05. The molecule has 140 valence electrons. The van der Waals surface area contributed by atoms with Crippen LogP contribution in [0.5, 0.6) is 0 Å². The molecule has 0 saturated carbocycles. The van der Waals surface area contributed by atoms with Gasteiger partial charge in [0.1, 0.15) is 0 Å². The van der Waals surface area contributed by atoms with Crippen LogP contribution in [0.4, 0.5) is 5.69 Å². The van der Waals surface area contributed by atoms with Crippen molar-refractivity contribution in [3.8, 4) is 0 Å². The molecule has 3 heterocycles. The van der Waals surface area contributed by atoms with Crippen LogP contribution in [-0.4, -0.2) is 61.5 Å². The molecule has 0 aromatic heterocycles. The van der Waals surface area contributed by atoms with Crippen LogP contribution in [0.15, 0.2) is 29.3 Å². The van der Waals surface area contributed by atoms with Crippen LogP contribution in [0.25, 0.3) is 0 Å². The third-order valence-corrected chi connectivity index (χ3v) is 7.87. The number of thioether (sulfide) groups is 1. The number of hydrogen-bond acceptors (Lipinski definition) is 7. The molecule has 4 rings (SSSR count). The van der Waals surface area contributed by atoms with Crippen molar-refractivity contribution < 1.29 is 17.9 Å². The first-order chi connectivity index (χ1) is 12.5. The number of hydrogen-bond donors (Lipinski definition) is 2. The normalized spacial score (nSPS) is 29.2. The molecule has 0 aliphatic carbocycles. The number of fused-ring (bicyclic) bond motifs is 1.